The molecule has 0 fully saturated rings. The number of hydrogen-bond acceptors (Lipinski definition) is 5. The lowest BCUT2D eigenvalue weighted by atomic mass is 9.94. The van der Waals surface area contributed by atoms with Crippen LogP contribution in [0.25, 0.3) is 0 Å². The number of carbonyl (C=O) groups excluding carboxylic acids is 3. The molecule has 36 heavy (non-hydrogen) atoms. The summed E-state index contributed by atoms with van der Waals surface area (Å²) >= 11 is 0. The lowest BCUT2D eigenvalue weighted by Gasteiger charge is -2.26. The molecule has 3 N–H and O–H groups in total. The Morgan fingerprint density at radius 2 is 1.72 bits per heavy atom. The summed E-state index contributed by atoms with van der Waals surface area (Å²) in [6, 6.07) is 9.08. The van der Waals surface area contributed by atoms with Crippen molar-refractivity contribution >= 4 is 17.8 Å². The van der Waals surface area contributed by atoms with Gasteiger partial charge in [-0.3, -0.25) is 14.4 Å². The number of nitrogens with one attached hydrogen (secondary N) is 2. The second-order valence-corrected chi connectivity index (χ2v) is 9.67. The molecule has 0 aliphatic carbocycles. The van der Waals surface area contributed by atoms with E-state index >= 15 is 0 Å². The Morgan fingerprint density at radius 3 is 2.31 bits per heavy atom. The quantitative estimate of drug-likeness (QED) is 0.161. The van der Waals surface area contributed by atoms with Crippen LogP contribution in [0.2, 0.25) is 0 Å². The minimum absolute atomic E-state index is 0.0164. The number of hydrogen-bond donors (Lipinski definition) is 3. The molecule has 0 radical (unpaired) electrons. The second kappa shape index (κ2) is 17.5. The average Bonchev–Trinajstić information content (AvgIpc) is 2.85. The number of benzene rings is 1. The molecule has 0 aromatic heterocycles. The largest absolute Gasteiger partial charge is 0.463 e. The zero-order chi connectivity index (χ0) is 26.9. The van der Waals surface area contributed by atoms with Gasteiger partial charge in [-0.25, -0.2) is 0 Å². The summed E-state index contributed by atoms with van der Waals surface area (Å²) in [7, 11) is 0. The van der Waals surface area contributed by atoms with Gasteiger partial charge in [0.15, 0.2) is 0 Å². The predicted molar refractivity (Wildman–Crippen MR) is 143 cm³/mol. The van der Waals surface area contributed by atoms with Gasteiger partial charge >= 0.3 is 5.97 Å². The van der Waals surface area contributed by atoms with Crippen LogP contribution < -0.4 is 10.6 Å². The van der Waals surface area contributed by atoms with Crippen LogP contribution in [0.1, 0.15) is 58.4 Å². The average molecular weight is 501 g/mol. The maximum atomic E-state index is 13.0. The van der Waals surface area contributed by atoms with E-state index in [4.69, 9.17) is 9.84 Å². The molecule has 7 heteroatoms. The number of aliphatic hydroxyl groups excluding tert-OH is 1. The molecule has 1 aromatic carbocycles. The Bertz CT molecular complexity index is 824. The van der Waals surface area contributed by atoms with Crippen molar-refractivity contribution in [1.82, 2.24) is 10.6 Å². The summed E-state index contributed by atoms with van der Waals surface area (Å²) < 4.78 is 5.71. The molecule has 0 aliphatic rings. The highest BCUT2D eigenvalue weighted by molar-refractivity contribution is 5.86. The standard InChI is InChI=1S/C29H44N2O5/c1-6-8-10-16-25(17-23-14-11-9-12-15-23)29(35)36-20-26(21(3)4)31-28(34)24(13-7-2)18-27(33)30-22(5)19-32/h6-7,9,11-12,14-15,21-22,24-26,32H,1-2,8,10,13,16-20H2,3-5H3,(H,30,33)(H,31,34)/t22-,24+,25+,26+/m0/s1. The number of ether oxygens (including phenoxy) is 1. The summed E-state index contributed by atoms with van der Waals surface area (Å²) in [4.78, 5) is 38.3. The van der Waals surface area contributed by atoms with Gasteiger partial charge in [0.25, 0.3) is 0 Å². The van der Waals surface area contributed by atoms with Crippen molar-refractivity contribution in [3.05, 3.63) is 61.2 Å². The van der Waals surface area contributed by atoms with Crippen molar-refractivity contribution < 1.29 is 24.2 Å². The first kappa shape index (κ1) is 31.1. The van der Waals surface area contributed by atoms with E-state index in [0.29, 0.717) is 19.3 Å². The Balaban J connectivity index is 2.79. The highest BCUT2D eigenvalue weighted by atomic mass is 16.5. The first-order valence-electron chi connectivity index (χ1n) is 12.8. The Morgan fingerprint density at radius 1 is 1.03 bits per heavy atom. The molecule has 0 saturated heterocycles. The van der Waals surface area contributed by atoms with Gasteiger partial charge in [0.2, 0.25) is 11.8 Å². The van der Waals surface area contributed by atoms with E-state index < -0.39 is 12.0 Å². The minimum atomic E-state index is -0.602. The number of esters is 1. The fourth-order valence-electron chi connectivity index (χ4n) is 3.79. The molecular formula is C29H44N2O5. The zero-order valence-electron chi connectivity index (χ0n) is 22.1. The number of allylic oxidation sites excluding steroid dienone is 2. The SMILES string of the molecule is C=CCCC[C@H](Cc1ccccc1)C(=O)OC[C@@H](NC(=O)[C@H](CC=C)CC(=O)N[C@@H](C)CO)C(C)C. The third-order valence-electron chi connectivity index (χ3n) is 6.09. The lowest BCUT2D eigenvalue weighted by Crippen LogP contribution is -2.46. The first-order valence-corrected chi connectivity index (χ1v) is 12.8. The number of aliphatic hydroxyl groups is 1. The summed E-state index contributed by atoms with van der Waals surface area (Å²) in [5.41, 5.74) is 1.08. The molecule has 4 atom stereocenters. The fourth-order valence-corrected chi connectivity index (χ4v) is 3.79. The number of unbranched alkanes of at least 4 members (excludes halogenated alkanes) is 1. The van der Waals surface area contributed by atoms with Crippen molar-refractivity contribution in [3.8, 4) is 0 Å². The van der Waals surface area contributed by atoms with Gasteiger partial charge < -0.3 is 20.5 Å². The van der Waals surface area contributed by atoms with Crippen LogP contribution >= 0.6 is 0 Å². The third kappa shape index (κ3) is 12.2. The summed E-state index contributed by atoms with van der Waals surface area (Å²) in [6.07, 6.45) is 6.74. The Hall–Kier alpha value is -2.93. The molecular weight excluding hydrogens is 456 g/mol. The van der Waals surface area contributed by atoms with Crippen molar-refractivity contribution in [3.63, 3.8) is 0 Å². The van der Waals surface area contributed by atoms with Crippen LogP contribution in [0.4, 0.5) is 0 Å². The number of carbonyl (C=O) groups is 3. The van der Waals surface area contributed by atoms with Gasteiger partial charge in [-0.05, 0) is 50.5 Å². The molecule has 2 amide bonds. The Labute approximate surface area is 216 Å². The number of rotatable bonds is 18. The smallest absolute Gasteiger partial charge is 0.309 e. The van der Waals surface area contributed by atoms with Gasteiger partial charge in [0, 0.05) is 12.5 Å². The highest BCUT2D eigenvalue weighted by Crippen LogP contribution is 2.18. The first-order chi connectivity index (χ1) is 17.2. The molecule has 1 aromatic rings. The van der Waals surface area contributed by atoms with Crippen molar-refractivity contribution in [2.24, 2.45) is 17.8 Å². The lowest BCUT2D eigenvalue weighted by molar-refractivity contribution is -0.150. The van der Waals surface area contributed by atoms with Crippen LogP contribution in [-0.2, 0) is 25.5 Å². The van der Waals surface area contributed by atoms with E-state index in [9.17, 15) is 14.4 Å². The topological polar surface area (TPSA) is 105 Å². The summed E-state index contributed by atoms with van der Waals surface area (Å²) in [5, 5.41) is 14.8. The molecule has 1 rings (SSSR count). The normalized spacial score (nSPS) is 14.2. The second-order valence-electron chi connectivity index (χ2n) is 9.67. The van der Waals surface area contributed by atoms with Gasteiger partial charge in [-0.2, -0.15) is 0 Å². The Kier molecular flexibility index (Phi) is 15.1. The molecule has 0 bridgehead atoms. The number of amides is 2. The van der Waals surface area contributed by atoms with Crippen LogP contribution in [-0.4, -0.2) is 48.2 Å². The maximum absolute atomic E-state index is 13.0. The van der Waals surface area contributed by atoms with Crippen LogP contribution in [0.3, 0.4) is 0 Å². The van der Waals surface area contributed by atoms with E-state index in [1.807, 2.05) is 50.3 Å². The van der Waals surface area contributed by atoms with Crippen LogP contribution in [0.5, 0.6) is 0 Å². The van der Waals surface area contributed by atoms with Gasteiger partial charge in [0.05, 0.1) is 24.5 Å². The van der Waals surface area contributed by atoms with Gasteiger partial charge in [-0.1, -0.05) is 56.3 Å². The maximum Gasteiger partial charge on any atom is 0.309 e. The van der Waals surface area contributed by atoms with E-state index in [1.54, 1.807) is 13.0 Å². The summed E-state index contributed by atoms with van der Waals surface area (Å²) in [5.74, 6) is -1.74. The minimum Gasteiger partial charge on any atom is -0.463 e. The molecule has 0 spiro atoms. The highest BCUT2D eigenvalue weighted by Gasteiger charge is 2.27. The van der Waals surface area contributed by atoms with Crippen molar-refractivity contribution in [2.75, 3.05) is 13.2 Å². The zero-order valence-corrected chi connectivity index (χ0v) is 22.1. The fraction of sp³-hybridized carbons (Fsp3) is 0.552. The van der Waals surface area contributed by atoms with E-state index in [0.717, 1.165) is 18.4 Å². The van der Waals surface area contributed by atoms with E-state index in [-0.39, 0.29) is 55.3 Å². The van der Waals surface area contributed by atoms with Crippen molar-refractivity contribution in [1.29, 1.82) is 0 Å². The van der Waals surface area contributed by atoms with Crippen molar-refractivity contribution in [2.45, 2.75) is 71.4 Å². The monoisotopic (exact) mass is 500 g/mol. The van der Waals surface area contributed by atoms with E-state index in [2.05, 4.69) is 23.8 Å². The molecule has 0 heterocycles. The van der Waals surface area contributed by atoms with Crippen LogP contribution in [0, 0.1) is 17.8 Å². The van der Waals surface area contributed by atoms with Crippen LogP contribution in [0.15, 0.2) is 55.6 Å². The van der Waals surface area contributed by atoms with Gasteiger partial charge in [0.1, 0.15) is 6.61 Å². The third-order valence-corrected chi connectivity index (χ3v) is 6.09. The molecule has 0 unspecified atom stereocenters. The predicted octanol–water partition coefficient (Wildman–Crippen LogP) is 3.97. The summed E-state index contributed by atoms with van der Waals surface area (Å²) in [6.45, 7) is 12.9. The van der Waals surface area contributed by atoms with E-state index in [1.165, 1.54) is 0 Å². The molecule has 0 saturated carbocycles. The molecule has 7 nitrogen and oxygen atoms in total. The molecule has 200 valence electrons. The van der Waals surface area contributed by atoms with Gasteiger partial charge in [-0.15, -0.1) is 13.2 Å². The molecule has 0 aliphatic heterocycles.